The summed E-state index contributed by atoms with van der Waals surface area (Å²) in [6, 6.07) is -0.198. The minimum atomic E-state index is -0.299. The summed E-state index contributed by atoms with van der Waals surface area (Å²) in [5.74, 6) is -0.691. The second-order valence-corrected chi connectivity index (χ2v) is 5.54. The Kier molecular flexibility index (Phi) is 8.59. The SMILES string of the molecule is COC(=O)CCCNC(=O)N1CCCN(C(=O)CNC(C)=O)CC1. The molecule has 136 valence electrons. The molecule has 0 bridgehead atoms. The van der Waals surface area contributed by atoms with Crippen molar-refractivity contribution in [2.24, 2.45) is 0 Å². The quantitative estimate of drug-likeness (QED) is 0.491. The van der Waals surface area contributed by atoms with Gasteiger partial charge in [-0.25, -0.2) is 4.79 Å². The van der Waals surface area contributed by atoms with Crippen LogP contribution in [0, 0.1) is 0 Å². The largest absolute Gasteiger partial charge is 0.469 e. The molecule has 0 aromatic carbocycles. The Morgan fingerprint density at radius 2 is 1.67 bits per heavy atom. The minimum Gasteiger partial charge on any atom is -0.469 e. The van der Waals surface area contributed by atoms with Crippen LogP contribution in [0.2, 0.25) is 0 Å². The molecule has 0 aromatic rings. The van der Waals surface area contributed by atoms with E-state index in [0.29, 0.717) is 45.6 Å². The first-order chi connectivity index (χ1) is 11.4. The van der Waals surface area contributed by atoms with Crippen LogP contribution >= 0.6 is 0 Å². The third-order valence-corrected chi connectivity index (χ3v) is 3.69. The number of ether oxygens (including phenoxy) is 1. The maximum Gasteiger partial charge on any atom is 0.317 e. The van der Waals surface area contributed by atoms with Crippen molar-refractivity contribution in [3.05, 3.63) is 0 Å². The molecule has 0 saturated carbocycles. The normalized spacial score (nSPS) is 14.6. The second-order valence-electron chi connectivity index (χ2n) is 5.54. The van der Waals surface area contributed by atoms with Crippen molar-refractivity contribution in [3.8, 4) is 0 Å². The lowest BCUT2D eigenvalue weighted by molar-refractivity contribution is -0.140. The first-order valence-electron chi connectivity index (χ1n) is 8.06. The Balaban J connectivity index is 2.31. The van der Waals surface area contributed by atoms with E-state index in [1.807, 2.05) is 0 Å². The van der Waals surface area contributed by atoms with Gasteiger partial charge in [0.15, 0.2) is 0 Å². The zero-order valence-electron chi connectivity index (χ0n) is 14.3. The molecule has 24 heavy (non-hydrogen) atoms. The molecule has 0 aliphatic carbocycles. The Labute approximate surface area is 141 Å². The molecule has 9 heteroatoms. The summed E-state index contributed by atoms with van der Waals surface area (Å²) < 4.78 is 4.53. The number of nitrogens with zero attached hydrogens (tertiary/aromatic N) is 2. The van der Waals surface area contributed by atoms with Gasteiger partial charge >= 0.3 is 12.0 Å². The molecule has 1 fully saturated rings. The Bertz CT molecular complexity index is 469. The van der Waals surface area contributed by atoms with E-state index in [-0.39, 0.29) is 36.8 Å². The molecule has 1 saturated heterocycles. The molecule has 9 nitrogen and oxygen atoms in total. The van der Waals surface area contributed by atoms with Crippen molar-refractivity contribution in [1.29, 1.82) is 0 Å². The highest BCUT2D eigenvalue weighted by Crippen LogP contribution is 2.04. The van der Waals surface area contributed by atoms with Gasteiger partial charge in [0, 0.05) is 46.1 Å². The molecule has 4 amide bonds. The molecule has 2 N–H and O–H groups in total. The zero-order chi connectivity index (χ0) is 17.9. The van der Waals surface area contributed by atoms with Crippen LogP contribution in [0.3, 0.4) is 0 Å². The predicted octanol–water partition coefficient (Wildman–Crippen LogP) is -0.680. The van der Waals surface area contributed by atoms with Crippen molar-refractivity contribution in [2.45, 2.75) is 26.2 Å². The maximum atomic E-state index is 12.1. The number of urea groups is 1. The topological polar surface area (TPSA) is 108 Å². The van der Waals surface area contributed by atoms with Gasteiger partial charge in [0.2, 0.25) is 11.8 Å². The summed E-state index contributed by atoms with van der Waals surface area (Å²) in [4.78, 5) is 49.2. The van der Waals surface area contributed by atoms with Gasteiger partial charge in [-0.2, -0.15) is 0 Å². The third-order valence-electron chi connectivity index (χ3n) is 3.69. The first-order valence-corrected chi connectivity index (χ1v) is 8.06. The summed E-state index contributed by atoms with van der Waals surface area (Å²) in [6.07, 6.45) is 1.47. The van der Waals surface area contributed by atoms with Gasteiger partial charge in [-0.3, -0.25) is 14.4 Å². The first kappa shape index (κ1) is 19.7. The van der Waals surface area contributed by atoms with Gasteiger partial charge in [-0.1, -0.05) is 0 Å². The van der Waals surface area contributed by atoms with Gasteiger partial charge in [0.05, 0.1) is 13.7 Å². The second kappa shape index (κ2) is 10.5. The molecule has 0 radical (unpaired) electrons. The molecule has 1 rings (SSSR count). The number of methoxy groups -OCH3 is 1. The summed E-state index contributed by atoms with van der Waals surface area (Å²) in [6.45, 7) is 3.74. The highest BCUT2D eigenvalue weighted by atomic mass is 16.5. The predicted molar refractivity (Wildman–Crippen MR) is 86.1 cm³/mol. The minimum absolute atomic E-state index is 0.0188. The van der Waals surface area contributed by atoms with Gasteiger partial charge in [0.25, 0.3) is 0 Å². The highest BCUT2D eigenvalue weighted by Gasteiger charge is 2.21. The van der Waals surface area contributed by atoms with Gasteiger partial charge in [-0.05, 0) is 12.8 Å². The molecule has 0 aromatic heterocycles. The van der Waals surface area contributed by atoms with E-state index in [1.165, 1.54) is 14.0 Å². The van der Waals surface area contributed by atoms with Crippen LogP contribution in [0.1, 0.15) is 26.2 Å². The van der Waals surface area contributed by atoms with Gasteiger partial charge in [-0.15, -0.1) is 0 Å². The van der Waals surface area contributed by atoms with E-state index in [9.17, 15) is 19.2 Å². The van der Waals surface area contributed by atoms with Crippen LogP contribution in [0.25, 0.3) is 0 Å². The zero-order valence-corrected chi connectivity index (χ0v) is 14.3. The van der Waals surface area contributed by atoms with Crippen molar-refractivity contribution in [3.63, 3.8) is 0 Å². The van der Waals surface area contributed by atoms with Gasteiger partial charge in [0.1, 0.15) is 0 Å². The van der Waals surface area contributed by atoms with Crippen molar-refractivity contribution < 1.29 is 23.9 Å². The number of esters is 1. The number of carbonyl (C=O) groups is 4. The van der Waals surface area contributed by atoms with Crippen LogP contribution in [-0.4, -0.2) is 80.0 Å². The average Bonchev–Trinajstić information content (AvgIpc) is 2.82. The van der Waals surface area contributed by atoms with E-state index in [0.717, 1.165) is 0 Å². The number of nitrogens with one attached hydrogen (secondary N) is 2. The summed E-state index contributed by atoms with van der Waals surface area (Å²) in [5, 5.41) is 5.25. The molecule has 0 atom stereocenters. The molecular formula is C15H26N4O5. The lowest BCUT2D eigenvalue weighted by atomic mass is 10.3. The van der Waals surface area contributed by atoms with Crippen LogP contribution in [0.15, 0.2) is 0 Å². The smallest absolute Gasteiger partial charge is 0.317 e. The number of carbonyl (C=O) groups excluding carboxylic acids is 4. The number of hydrogen-bond acceptors (Lipinski definition) is 5. The summed E-state index contributed by atoms with van der Waals surface area (Å²) >= 11 is 0. The van der Waals surface area contributed by atoms with E-state index >= 15 is 0 Å². The number of hydrogen-bond donors (Lipinski definition) is 2. The third kappa shape index (κ3) is 7.30. The maximum absolute atomic E-state index is 12.1. The lowest BCUT2D eigenvalue weighted by Gasteiger charge is -2.22. The van der Waals surface area contributed by atoms with Crippen LogP contribution in [-0.2, 0) is 19.1 Å². The van der Waals surface area contributed by atoms with Crippen LogP contribution in [0.4, 0.5) is 4.79 Å². The van der Waals surface area contributed by atoms with E-state index < -0.39 is 0 Å². The van der Waals surface area contributed by atoms with Crippen LogP contribution in [0.5, 0.6) is 0 Å². The molecule has 0 unspecified atom stereocenters. The number of rotatable bonds is 6. The van der Waals surface area contributed by atoms with Crippen molar-refractivity contribution in [1.82, 2.24) is 20.4 Å². The fourth-order valence-electron chi connectivity index (χ4n) is 2.32. The summed E-state index contributed by atoms with van der Waals surface area (Å²) in [5.41, 5.74) is 0. The Hall–Kier alpha value is -2.32. The molecule has 1 heterocycles. The summed E-state index contributed by atoms with van der Waals surface area (Å²) in [7, 11) is 1.33. The Morgan fingerprint density at radius 1 is 1.00 bits per heavy atom. The molecule has 1 aliphatic heterocycles. The van der Waals surface area contributed by atoms with Crippen molar-refractivity contribution >= 4 is 23.8 Å². The van der Waals surface area contributed by atoms with E-state index in [2.05, 4.69) is 15.4 Å². The van der Waals surface area contributed by atoms with E-state index in [1.54, 1.807) is 9.80 Å². The molecular weight excluding hydrogens is 316 g/mol. The molecule has 0 spiro atoms. The number of amides is 4. The van der Waals surface area contributed by atoms with E-state index in [4.69, 9.17) is 0 Å². The standard InChI is InChI=1S/C15H26N4O5/c1-12(20)17-11-13(21)18-7-4-8-19(10-9-18)15(23)16-6-3-5-14(22)24-2/h3-11H2,1-2H3,(H,16,23)(H,17,20). The van der Waals surface area contributed by atoms with Crippen molar-refractivity contribution in [2.75, 3.05) is 46.4 Å². The van der Waals surface area contributed by atoms with Crippen LogP contribution < -0.4 is 10.6 Å². The molecule has 1 aliphatic rings. The van der Waals surface area contributed by atoms with Gasteiger partial charge < -0.3 is 25.2 Å². The monoisotopic (exact) mass is 342 g/mol. The highest BCUT2D eigenvalue weighted by molar-refractivity contribution is 5.83. The fraction of sp³-hybridized carbons (Fsp3) is 0.733. The Morgan fingerprint density at radius 3 is 2.33 bits per heavy atom. The lowest BCUT2D eigenvalue weighted by Crippen LogP contribution is -2.44. The fourth-order valence-corrected chi connectivity index (χ4v) is 2.32. The average molecular weight is 342 g/mol.